The van der Waals surface area contributed by atoms with Gasteiger partial charge in [-0.15, -0.1) is 12.8 Å². The molecule has 4 nitrogen and oxygen atoms in total. The molecule has 0 unspecified atom stereocenters. The van der Waals surface area contributed by atoms with Crippen molar-refractivity contribution >= 4 is 11.9 Å². The van der Waals surface area contributed by atoms with E-state index in [1.807, 2.05) is 0 Å². The molecule has 0 spiro atoms. The molecule has 0 saturated heterocycles. The molecule has 0 fully saturated rings. The molecule has 0 N–H and O–H groups in total. The summed E-state index contributed by atoms with van der Waals surface area (Å²) in [5.41, 5.74) is 0. The lowest BCUT2D eigenvalue weighted by Gasteiger charge is -2.02. The Bertz CT molecular complexity index is 299. The minimum atomic E-state index is -0.277. The first-order valence-electron chi connectivity index (χ1n) is 5.89. The molecule has 0 aromatic heterocycles. The summed E-state index contributed by atoms with van der Waals surface area (Å²) in [6, 6.07) is 0. The van der Waals surface area contributed by atoms with Crippen molar-refractivity contribution < 1.29 is 19.1 Å². The predicted octanol–water partition coefficient (Wildman–Crippen LogP) is 1.68. The van der Waals surface area contributed by atoms with E-state index in [0.717, 1.165) is 25.7 Å². The Morgan fingerprint density at radius 3 is 1.50 bits per heavy atom. The average molecular weight is 250 g/mol. The molecule has 0 amide bonds. The molecule has 0 heterocycles. The highest BCUT2D eigenvalue weighted by molar-refractivity contribution is 5.69. The monoisotopic (exact) mass is 250 g/mol. The Balaban J connectivity index is 3.31. The molecule has 0 atom stereocenters. The van der Waals surface area contributed by atoms with E-state index < -0.39 is 0 Å². The van der Waals surface area contributed by atoms with Crippen LogP contribution in [0.4, 0.5) is 0 Å². The molecule has 0 rings (SSSR count). The van der Waals surface area contributed by atoms with Crippen LogP contribution in [0.1, 0.15) is 38.5 Å². The summed E-state index contributed by atoms with van der Waals surface area (Å²) in [5, 5.41) is 0. The molecule has 0 aliphatic heterocycles. The first-order chi connectivity index (χ1) is 8.70. The standard InChI is InChI=1S/C14H18O4/c1-3-11-17-13(15)9-7-5-6-8-10-14(16)18-12-4-2/h1-2H,5-12H2. The number of rotatable bonds is 9. The van der Waals surface area contributed by atoms with Gasteiger partial charge in [0.2, 0.25) is 0 Å². The van der Waals surface area contributed by atoms with Crippen molar-refractivity contribution in [2.24, 2.45) is 0 Å². The normalized spacial score (nSPS) is 9.00. The van der Waals surface area contributed by atoms with Gasteiger partial charge in [-0.05, 0) is 12.8 Å². The van der Waals surface area contributed by atoms with Crippen LogP contribution in [0, 0.1) is 24.7 Å². The lowest BCUT2D eigenvalue weighted by atomic mass is 10.1. The van der Waals surface area contributed by atoms with Crippen LogP contribution in [0.3, 0.4) is 0 Å². The lowest BCUT2D eigenvalue weighted by Crippen LogP contribution is -2.05. The fourth-order valence-electron chi connectivity index (χ4n) is 1.28. The highest BCUT2D eigenvalue weighted by atomic mass is 16.5. The van der Waals surface area contributed by atoms with Crippen molar-refractivity contribution in [3.05, 3.63) is 0 Å². The zero-order valence-electron chi connectivity index (χ0n) is 10.4. The van der Waals surface area contributed by atoms with Crippen molar-refractivity contribution in [1.82, 2.24) is 0 Å². The second kappa shape index (κ2) is 11.5. The number of terminal acetylenes is 2. The van der Waals surface area contributed by atoms with Crippen molar-refractivity contribution in [3.63, 3.8) is 0 Å². The van der Waals surface area contributed by atoms with Crippen LogP contribution >= 0.6 is 0 Å². The molecule has 0 bridgehead atoms. The maximum Gasteiger partial charge on any atom is 0.306 e. The number of unbranched alkanes of at least 4 members (excludes halogenated alkanes) is 3. The molecule has 0 aliphatic rings. The Hall–Kier alpha value is -1.94. The molecule has 98 valence electrons. The molecule has 0 aromatic carbocycles. The summed E-state index contributed by atoms with van der Waals surface area (Å²) in [4.78, 5) is 22.1. The van der Waals surface area contributed by atoms with Gasteiger partial charge in [0.1, 0.15) is 0 Å². The molecule has 4 heteroatoms. The molecular weight excluding hydrogens is 232 g/mol. The second-order valence-corrected chi connectivity index (χ2v) is 3.64. The SMILES string of the molecule is C#CCOC(=O)CCCCCCC(=O)OCC#C. The quantitative estimate of drug-likeness (QED) is 0.355. The van der Waals surface area contributed by atoms with E-state index in [2.05, 4.69) is 11.8 Å². The van der Waals surface area contributed by atoms with Crippen LogP contribution in [-0.4, -0.2) is 25.2 Å². The van der Waals surface area contributed by atoms with Crippen LogP contribution in [0.25, 0.3) is 0 Å². The minimum absolute atomic E-state index is 0.0276. The molecule has 18 heavy (non-hydrogen) atoms. The Labute approximate surface area is 108 Å². The molecular formula is C14H18O4. The highest BCUT2D eigenvalue weighted by Crippen LogP contribution is 2.06. The van der Waals surface area contributed by atoms with E-state index in [1.165, 1.54) is 0 Å². The lowest BCUT2D eigenvalue weighted by molar-refractivity contribution is -0.143. The van der Waals surface area contributed by atoms with Gasteiger partial charge in [-0.2, -0.15) is 0 Å². The average Bonchev–Trinajstić information content (AvgIpc) is 2.37. The van der Waals surface area contributed by atoms with Crippen LogP contribution < -0.4 is 0 Å². The van der Waals surface area contributed by atoms with Gasteiger partial charge in [-0.3, -0.25) is 9.59 Å². The summed E-state index contributed by atoms with van der Waals surface area (Å²) in [5.74, 6) is 3.91. The van der Waals surface area contributed by atoms with Crippen LogP contribution in [0.15, 0.2) is 0 Å². The number of carbonyl (C=O) groups is 2. The fraction of sp³-hybridized carbons (Fsp3) is 0.571. The van der Waals surface area contributed by atoms with Crippen molar-refractivity contribution in [2.45, 2.75) is 38.5 Å². The Morgan fingerprint density at radius 2 is 1.17 bits per heavy atom. The van der Waals surface area contributed by atoms with Gasteiger partial charge in [0, 0.05) is 12.8 Å². The maximum atomic E-state index is 11.1. The van der Waals surface area contributed by atoms with E-state index in [4.69, 9.17) is 22.3 Å². The Morgan fingerprint density at radius 1 is 0.778 bits per heavy atom. The summed E-state index contributed by atoms with van der Waals surface area (Å²) < 4.78 is 9.42. The zero-order chi connectivity index (χ0) is 13.6. The second-order valence-electron chi connectivity index (χ2n) is 3.64. The number of esters is 2. The third-order valence-electron chi connectivity index (χ3n) is 2.14. The first-order valence-corrected chi connectivity index (χ1v) is 5.89. The van der Waals surface area contributed by atoms with Gasteiger partial charge in [0.15, 0.2) is 13.2 Å². The van der Waals surface area contributed by atoms with Gasteiger partial charge in [-0.1, -0.05) is 24.7 Å². The summed E-state index contributed by atoms with van der Waals surface area (Å²) in [6.07, 6.45) is 13.8. The van der Waals surface area contributed by atoms with Gasteiger partial charge in [-0.25, -0.2) is 0 Å². The van der Waals surface area contributed by atoms with E-state index >= 15 is 0 Å². The fourth-order valence-corrected chi connectivity index (χ4v) is 1.28. The smallest absolute Gasteiger partial charge is 0.306 e. The van der Waals surface area contributed by atoms with E-state index in [-0.39, 0.29) is 25.2 Å². The number of hydrogen-bond acceptors (Lipinski definition) is 4. The molecule has 0 aromatic rings. The van der Waals surface area contributed by atoms with Gasteiger partial charge < -0.3 is 9.47 Å². The predicted molar refractivity (Wildman–Crippen MR) is 67.3 cm³/mol. The number of hydrogen-bond donors (Lipinski definition) is 0. The van der Waals surface area contributed by atoms with Crippen LogP contribution in [-0.2, 0) is 19.1 Å². The topological polar surface area (TPSA) is 52.6 Å². The first kappa shape index (κ1) is 16.1. The van der Waals surface area contributed by atoms with Crippen molar-refractivity contribution in [3.8, 4) is 24.7 Å². The van der Waals surface area contributed by atoms with Crippen LogP contribution in [0.2, 0.25) is 0 Å². The summed E-state index contributed by atoms with van der Waals surface area (Å²) in [7, 11) is 0. The van der Waals surface area contributed by atoms with E-state index in [9.17, 15) is 9.59 Å². The van der Waals surface area contributed by atoms with Crippen molar-refractivity contribution in [1.29, 1.82) is 0 Å². The maximum absolute atomic E-state index is 11.1. The van der Waals surface area contributed by atoms with Gasteiger partial charge in [0.05, 0.1) is 0 Å². The van der Waals surface area contributed by atoms with E-state index in [0.29, 0.717) is 12.8 Å². The number of ether oxygens (including phenoxy) is 2. The highest BCUT2D eigenvalue weighted by Gasteiger charge is 2.03. The third kappa shape index (κ3) is 10.6. The van der Waals surface area contributed by atoms with Gasteiger partial charge >= 0.3 is 11.9 Å². The Kier molecular flexibility index (Phi) is 10.3. The summed E-state index contributed by atoms with van der Waals surface area (Å²) in [6.45, 7) is 0.0553. The summed E-state index contributed by atoms with van der Waals surface area (Å²) >= 11 is 0. The largest absolute Gasteiger partial charge is 0.452 e. The number of carbonyl (C=O) groups excluding carboxylic acids is 2. The molecule has 0 aliphatic carbocycles. The minimum Gasteiger partial charge on any atom is -0.452 e. The molecule has 0 radical (unpaired) electrons. The van der Waals surface area contributed by atoms with E-state index in [1.54, 1.807) is 0 Å². The van der Waals surface area contributed by atoms with Crippen LogP contribution in [0.5, 0.6) is 0 Å². The molecule has 0 saturated carbocycles. The van der Waals surface area contributed by atoms with Gasteiger partial charge in [0.25, 0.3) is 0 Å². The zero-order valence-corrected chi connectivity index (χ0v) is 10.4. The third-order valence-corrected chi connectivity index (χ3v) is 2.14. The van der Waals surface area contributed by atoms with Crippen molar-refractivity contribution in [2.75, 3.05) is 13.2 Å².